The lowest BCUT2D eigenvalue weighted by Crippen LogP contribution is -2.56. The molecule has 7 heteroatoms. The highest BCUT2D eigenvalue weighted by atomic mass is 79.9. The van der Waals surface area contributed by atoms with Crippen molar-refractivity contribution in [2.45, 2.75) is 28.8 Å². The van der Waals surface area contributed by atoms with Gasteiger partial charge in [0.2, 0.25) is 9.84 Å². The summed E-state index contributed by atoms with van der Waals surface area (Å²) in [6.07, 6.45) is 1.91. The number of rotatable bonds is 2. The van der Waals surface area contributed by atoms with Gasteiger partial charge in [-0.1, -0.05) is 15.9 Å². The lowest BCUT2D eigenvalue weighted by molar-refractivity contribution is -0.129. The highest BCUT2D eigenvalue weighted by Gasteiger charge is 2.72. The van der Waals surface area contributed by atoms with Gasteiger partial charge in [-0.25, -0.2) is 8.42 Å². The first-order chi connectivity index (χ1) is 7.12. The fraction of sp³-hybridized carbons (Fsp3) is 0.889. The molecular weight excluding hydrogens is 306 g/mol. The summed E-state index contributed by atoms with van der Waals surface area (Å²) in [5.41, 5.74) is 0. The summed E-state index contributed by atoms with van der Waals surface area (Å²) in [4.78, 5) is 11.8. The molecule has 2 bridgehead atoms. The molecule has 3 atom stereocenters. The third kappa shape index (κ3) is 1.27. The third-order valence-corrected chi connectivity index (χ3v) is 6.67. The largest absolute Gasteiger partial charge is 0.367 e. The number of hydrogen-bond acceptors (Lipinski definition) is 3. The van der Waals surface area contributed by atoms with Gasteiger partial charge in [0.1, 0.15) is 0 Å². The summed E-state index contributed by atoms with van der Waals surface area (Å²) in [6.45, 7) is 0. The maximum absolute atomic E-state index is 13.9. The van der Waals surface area contributed by atoms with Gasteiger partial charge in [-0.15, -0.1) is 0 Å². The predicted molar refractivity (Wildman–Crippen MR) is 57.3 cm³/mol. The fourth-order valence-electron chi connectivity index (χ4n) is 2.73. The molecule has 92 valence electrons. The van der Waals surface area contributed by atoms with Crippen LogP contribution in [0.3, 0.4) is 0 Å². The normalized spacial score (nSPS) is 39.4. The number of carbonyl (C=O) groups is 1. The first kappa shape index (κ1) is 12.4. The average molecular weight is 317 g/mol. The molecule has 2 aliphatic carbocycles. The molecular formula is C9H11BrF2O3S. The van der Waals surface area contributed by atoms with Gasteiger partial charge in [0.25, 0.3) is 0 Å². The smallest absolute Gasteiger partial charge is 0.298 e. The molecule has 16 heavy (non-hydrogen) atoms. The summed E-state index contributed by atoms with van der Waals surface area (Å²) < 4.78 is 47.8. The van der Waals surface area contributed by atoms with Crippen LogP contribution in [0.2, 0.25) is 0 Å². The number of hydrogen-bond donors (Lipinski definition) is 0. The van der Waals surface area contributed by atoms with Crippen molar-refractivity contribution in [3.05, 3.63) is 0 Å². The van der Waals surface area contributed by atoms with Crippen molar-refractivity contribution in [1.82, 2.24) is 0 Å². The summed E-state index contributed by atoms with van der Waals surface area (Å²) >= 11 is 2.75. The van der Waals surface area contributed by atoms with Crippen LogP contribution < -0.4 is 0 Å². The number of carbonyl (C=O) groups excluding carboxylic acids is 1. The maximum atomic E-state index is 13.9. The average Bonchev–Trinajstić information content (AvgIpc) is 2.68. The van der Waals surface area contributed by atoms with Gasteiger partial charge < -0.3 is 0 Å². The van der Waals surface area contributed by atoms with Crippen LogP contribution in [0.4, 0.5) is 8.78 Å². The zero-order valence-electron chi connectivity index (χ0n) is 8.54. The van der Waals surface area contributed by atoms with E-state index in [0.29, 0.717) is 25.5 Å². The molecule has 0 radical (unpaired) electrons. The van der Waals surface area contributed by atoms with E-state index in [0.717, 1.165) is 0 Å². The molecule has 1 unspecified atom stereocenters. The second kappa shape index (κ2) is 3.25. The Balaban J connectivity index is 2.52. The van der Waals surface area contributed by atoms with Crippen LogP contribution in [0.15, 0.2) is 0 Å². The summed E-state index contributed by atoms with van der Waals surface area (Å²) in [6, 6.07) is 0. The molecule has 2 rings (SSSR count). The third-order valence-electron chi connectivity index (χ3n) is 3.61. The Morgan fingerprint density at radius 3 is 2.38 bits per heavy atom. The van der Waals surface area contributed by atoms with E-state index in [1.54, 1.807) is 0 Å². The van der Waals surface area contributed by atoms with E-state index in [1.807, 2.05) is 0 Å². The standard InChI is InChI=1S/C9H11BrF2O3S/c1-16(14,15)9(11,12)8(10)6-3-2-5(4-6)7(8)13/h5-6H,2-4H2,1H3/t5-,6+,8?/m0/s1. The molecule has 0 spiro atoms. The quantitative estimate of drug-likeness (QED) is 0.729. The van der Waals surface area contributed by atoms with E-state index in [-0.39, 0.29) is 0 Å². The van der Waals surface area contributed by atoms with E-state index in [1.165, 1.54) is 0 Å². The van der Waals surface area contributed by atoms with E-state index in [4.69, 9.17) is 0 Å². The summed E-state index contributed by atoms with van der Waals surface area (Å²) in [5, 5.41) is -4.03. The van der Waals surface area contributed by atoms with Gasteiger partial charge in [0.05, 0.1) is 0 Å². The Hall–Kier alpha value is -0.0400. The zero-order valence-corrected chi connectivity index (χ0v) is 10.9. The molecule has 0 N–H and O–H groups in total. The number of fused-ring (bicyclic) bond motifs is 2. The SMILES string of the molecule is CS(=O)(=O)C(F)(F)C1(Br)C(=O)[C@H]2CC[C@@H]1C2. The van der Waals surface area contributed by atoms with Crippen molar-refractivity contribution in [3.8, 4) is 0 Å². The minimum absolute atomic E-state index is 0.370. The highest BCUT2D eigenvalue weighted by molar-refractivity contribution is 9.10. The van der Waals surface area contributed by atoms with Gasteiger partial charge >= 0.3 is 5.25 Å². The lowest BCUT2D eigenvalue weighted by atomic mass is 9.87. The van der Waals surface area contributed by atoms with Crippen molar-refractivity contribution < 1.29 is 22.0 Å². The fourth-order valence-corrected chi connectivity index (χ4v) is 5.16. The van der Waals surface area contributed by atoms with Gasteiger partial charge in [-0.3, -0.25) is 4.79 Å². The van der Waals surface area contributed by atoms with E-state index in [2.05, 4.69) is 15.9 Å². The van der Waals surface area contributed by atoms with Crippen molar-refractivity contribution >= 4 is 31.6 Å². The van der Waals surface area contributed by atoms with E-state index >= 15 is 0 Å². The van der Waals surface area contributed by atoms with Crippen LogP contribution in [0.1, 0.15) is 19.3 Å². The van der Waals surface area contributed by atoms with Gasteiger partial charge in [0.15, 0.2) is 10.1 Å². The van der Waals surface area contributed by atoms with Crippen LogP contribution in [-0.4, -0.2) is 30.0 Å². The van der Waals surface area contributed by atoms with E-state index < -0.39 is 37.0 Å². The summed E-state index contributed by atoms with van der Waals surface area (Å²) in [7, 11) is -4.60. The molecule has 0 aromatic rings. The number of sulfone groups is 1. The van der Waals surface area contributed by atoms with Crippen LogP contribution in [0.25, 0.3) is 0 Å². The predicted octanol–water partition coefficient (Wildman–Crippen LogP) is 1.76. The van der Waals surface area contributed by atoms with Crippen LogP contribution in [0.5, 0.6) is 0 Å². The minimum atomic E-state index is -4.60. The first-order valence-electron chi connectivity index (χ1n) is 4.93. The number of halogens is 3. The minimum Gasteiger partial charge on any atom is -0.298 e. The molecule has 0 saturated heterocycles. The van der Waals surface area contributed by atoms with Crippen molar-refractivity contribution in [1.29, 1.82) is 0 Å². The van der Waals surface area contributed by atoms with Gasteiger partial charge in [0, 0.05) is 12.2 Å². The Labute approximate surface area is 101 Å². The topological polar surface area (TPSA) is 51.2 Å². The summed E-state index contributed by atoms with van der Waals surface area (Å²) in [5.74, 6) is -1.63. The van der Waals surface area contributed by atoms with Gasteiger partial charge in [-0.05, 0) is 25.2 Å². The molecule has 2 aliphatic rings. The van der Waals surface area contributed by atoms with E-state index in [9.17, 15) is 22.0 Å². The molecule has 0 aliphatic heterocycles. The zero-order chi connectivity index (χ0) is 12.4. The Morgan fingerprint density at radius 1 is 1.44 bits per heavy atom. The lowest BCUT2D eigenvalue weighted by Gasteiger charge is -2.35. The second-order valence-corrected chi connectivity index (χ2v) is 7.88. The second-order valence-electron chi connectivity index (χ2n) is 4.57. The molecule has 0 aromatic carbocycles. The number of ketones is 1. The Bertz CT molecular complexity index is 448. The van der Waals surface area contributed by atoms with Crippen molar-refractivity contribution in [2.24, 2.45) is 11.8 Å². The number of Topliss-reactive ketones (excluding diaryl/α,β-unsaturated/α-hetero) is 1. The highest BCUT2D eigenvalue weighted by Crippen LogP contribution is 2.59. The van der Waals surface area contributed by atoms with Crippen molar-refractivity contribution in [2.75, 3.05) is 6.26 Å². The Kier molecular flexibility index (Phi) is 2.52. The van der Waals surface area contributed by atoms with Crippen molar-refractivity contribution in [3.63, 3.8) is 0 Å². The van der Waals surface area contributed by atoms with Gasteiger partial charge in [-0.2, -0.15) is 8.78 Å². The molecule has 0 aromatic heterocycles. The molecule has 2 fully saturated rings. The maximum Gasteiger partial charge on any atom is 0.367 e. The van der Waals surface area contributed by atoms with Crippen LogP contribution in [0, 0.1) is 11.8 Å². The molecule has 2 saturated carbocycles. The molecule has 0 amide bonds. The van der Waals surface area contributed by atoms with Crippen LogP contribution >= 0.6 is 15.9 Å². The molecule has 3 nitrogen and oxygen atoms in total. The molecule has 0 heterocycles. The van der Waals surface area contributed by atoms with Crippen LogP contribution in [-0.2, 0) is 14.6 Å². The first-order valence-corrected chi connectivity index (χ1v) is 7.61. The Morgan fingerprint density at radius 2 is 2.00 bits per heavy atom. The monoisotopic (exact) mass is 316 g/mol. The number of alkyl halides is 3.